The van der Waals surface area contributed by atoms with E-state index in [0.29, 0.717) is 22.6 Å². The van der Waals surface area contributed by atoms with Gasteiger partial charge in [-0.15, -0.1) is 0 Å². The van der Waals surface area contributed by atoms with Crippen molar-refractivity contribution < 1.29 is 9.18 Å². The van der Waals surface area contributed by atoms with Crippen molar-refractivity contribution in [2.24, 2.45) is 7.05 Å². The van der Waals surface area contributed by atoms with Gasteiger partial charge < -0.3 is 10.6 Å². The number of aryl methyl sites for hydroxylation is 2. The number of benzene rings is 2. The van der Waals surface area contributed by atoms with Crippen molar-refractivity contribution >= 4 is 23.1 Å². The topological polar surface area (TPSA) is 84.7 Å². The Balaban J connectivity index is 1.37. The van der Waals surface area contributed by atoms with Crippen molar-refractivity contribution in [2.45, 2.75) is 6.92 Å². The van der Waals surface area contributed by atoms with Gasteiger partial charge in [0.05, 0.1) is 6.20 Å². The lowest BCUT2D eigenvalue weighted by molar-refractivity contribution is 0.102. The van der Waals surface area contributed by atoms with Gasteiger partial charge in [-0.2, -0.15) is 5.10 Å². The SMILES string of the molecule is Cc1ccc(C(=O)Nc2cc(F)cc(-c3cnn(C)c3)c2)cc1Nc1cc(-c2cccnc2)ccn1. The fraction of sp³-hybridized carbons (Fsp3) is 0.0714. The number of nitrogens with one attached hydrogen (secondary N) is 2. The number of pyridine rings is 2. The quantitative estimate of drug-likeness (QED) is 0.313. The highest BCUT2D eigenvalue weighted by Crippen LogP contribution is 2.27. The van der Waals surface area contributed by atoms with Crippen molar-refractivity contribution in [1.29, 1.82) is 0 Å². The molecule has 8 heteroatoms. The maximum Gasteiger partial charge on any atom is 0.255 e. The summed E-state index contributed by atoms with van der Waals surface area (Å²) in [5, 5.41) is 10.2. The Morgan fingerprint density at radius 1 is 0.917 bits per heavy atom. The van der Waals surface area contributed by atoms with Gasteiger partial charge in [0.2, 0.25) is 0 Å². The number of carbonyl (C=O) groups is 1. The summed E-state index contributed by atoms with van der Waals surface area (Å²) in [6, 6.07) is 17.5. The number of anilines is 3. The summed E-state index contributed by atoms with van der Waals surface area (Å²) in [6.45, 7) is 1.95. The monoisotopic (exact) mass is 478 g/mol. The van der Waals surface area contributed by atoms with Crippen molar-refractivity contribution in [3.05, 3.63) is 109 Å². The minimum atomic E-state index is -0.447. The molecule has 2 N–H and O–H groups in total. The smallest absolute Gasteiger partial charge is 0.255 e. The molecule has 0 saturated carbocycles. The fourth-order valence-corrected chi connectivity index (χ4v) is 3.85. The zero-order valence-electron chi connectivity index (χ0n) is 19.7. The van der Waals surface area contributed by atoms with E-state index in [9.17, 15) is 9.18 Å². The predicted octanol–water partition coefficient (Wildman–Crippen LogP) is 5.99. The molecule has 0 bridgehead atoms. The number of hydrogen-bond donors (Lipinski definition) is 2. The summed E-state index contributed by atoms with van der Waals surface area (Å²) >= 11 is 0. The lowest BCUT2D eigenvalue weighted by Crippen LogP contribution is -2.12. The molecule has 0 aliphatic carbocycles. The van der Waals surface area contributed by atoms with Gasteiger partial charge in [0.15, 0.2) is 0 Å². The first-order valence-corrected chi connectivity index (χ1v) is 11.3. The number of carbonyl (C=O) groups excluding carboxylic acids is 1. The molecule has 0 aliphatic heterocycles. The van der Waals surface area contributed by atoms with Crippen LogP contribution >= 0.6 is 0 Å². The Morgan fingerprint density at radius 2 is 1.81 bits per heavy atom. The molecule has 3 aromatic heterocycles. The van der Waals surface area contributed by atoms with E-state index < -0.39 is 5.82 Å². The standard InChI is InChI=1S/C28H23FN6O/c1-18-5-6-20(12-26(18)34-27-13-19(7-9-31-27)21-4-3-8-30-15-21)28(36)33-25-11-22(10-24(29)14-25)23-16-32-35(2)17-23/h3-17H,1-2H3,(H,31,34)(H,33,36). The number of aromatic nitrogens is 4. The van der Waals surface area contributed by atoms with E-state index >= 15 is 0 Å². The fourth-order valence-electron chi connectivity index (χ4n) is 3.85. The average molecular weight is 479 g/mol. The Labute approximate surface area is 207 Å². The summed E-state index contributed by atoms with van der Waals surface area (Å²) in [7, 11) is 1.79. The highest BCUT2D eigenvalue weighted by atomic mass is 19.1. The molecular formula is C28H23FN6O. The largest absolute Gasteiger partial charge is 0.340 e. The van der Waals surface area contributed by atoms with Crippen LogP contribution in [0.3, 0.4) is 0 Å². The van der Waals surface area contributed by atoms with Crippen LogP contribution in [0.25, 0.3) is 22.3 Å². The van der Waals surface area contributed by atoms with E-state index in [1.807, 2.05) is 37.3 Å². The second-order valence-corrected chi connectivity index (χ2v) is 8.41. The third kappa shape index (κ3) is 5.12. The lowest BCUT2D eigenvalue weighted by Gasteiger charge is -2.13. The molecule has 36 heavy (non-hydrogen) atoms. The lowest BCUT2D eigenvalue weighted by atomic mass is 10.1. The van der Waals surface area contributed by atoms with Gasteiger partial charge in [-0.3, -0.25) is 14.5 Å². The molecule has 2 aromatic carbocycles. The molecule has 178 valence electrons. The molecule has 0 saturated heterocycles. The first-order valence-electron chi connectivity index (χ1n) is 11.3. The molecule has 3 heterocycles. The number of rotatable bonds is 6. The van der Waals surface area contributed by atoms with Crippen LogP contribution in [0.1, 0.15) is 15.9 Å². The molecule has 1 amide bonds. The second-order valence-electron chi connectivity index (χ2n) is 8.41. The van der Waals surface area contributed by atoms with Crippen molar-refractivity contribution in [1.82, 2.24) is 19.7 Å². The number of hydrogen-bond acceptors (Lipinski definition) is 5. The van der Waals surface area contributed by atoms with Crippen molar-refractivity contribution in [2.75, 3.05) is 10.6 Å². The molecule has 0 atom stereocenters. The van der Waals surface area contributed by atoms with Crippen LogP contribution in [0.5, 0.6) is 0 Å². The molecule has 0 fully saturated rings. The number of halogens is 1. The Kier molecular flexibility index (Phi) is 6.23. The van der Waals surface area contributed by atoms with Gasteiger partial charge in [0.1, 0.15) is 11.6 Å². The maximum absolute atomic E-state index is 14.3. The Hall–Kier alpha value is -4.85. The maximum atomic E-state index is 14.3. The van der Waals surface area contributed by atoms with Crippen LogP contribution in [-0.4, -0.2) is 25.7 Å². The van der Waals surface area contributed by atoms with Gasteiger partial charge in [-0.05, 0) is 72.1 Å². The van der Waals surface area contributed by atoms with Gasteiger partial charge in [-0.25, -0.2) is 9.37 Å². The van der Waals surface area contributed by atoms with E-state index in [2.05, 4.69) is 25.7 Å². The van der Waals surface area contributed by atoms with Crippen LogP contribution < -0.4 is 10.6 Å². The van der Waals surface area contributed by atoms with Crippen LogP contribution in [0.2, 0.25) is 0 Å². The predicted molar refractivity (Wildman–Crippen MR) is 138 cm³/mol. The Morgan fingerprint density at radius 3 is 2.58 bits per heavy atom. The van der Waals surface area contributed by atoms with Gasteiger partial charge in [-0.1, -0.05) is 12.1 Å². The Bertz CT molecular complexity index is 1550. The molecule has 0 aliphatic rings. The normalized spacial score (nSPS) is 10.8. The summed E-state index contributed by atoms with van der Waals surface area (Å²) in [5.74, 6) is -0.154. The molecule has 0 unspecified atom stereocenters. The van der Waals surface area contributed by atoms with Crippen LogP contribution in [0.15, 0.2) is 91.6 Å². The average Bonchev–Trinajstić information content (AvgIpc) is 3.32. The summed E-state index contributed by atoms with van der Waals surface area (Å²) < 4.78 is 15.9. The zero-order chi connectivity index (χ0) is 25.1. The first kappa shape index (κ1) is 22.9. The summed E-state index contributed by atoms with van der Waals surface area (Å²) in [5.41, 5.74) is 5.83. The van der Waals surface area contributed by atoms with E-state index in [1.54, 1.807) is 60.9 Å². The minimum Gasteiger partial charge on any atom is -0.340 e. The van der Waals surface area contributed by atoms with E-state index in [4.69, 9.17) is 0 Å². The number of nitrogens with zero attached hydrogens (tertiary/aromatic N) is 4. The highest BCUT2D eigenvalue weighted by Gasteiger charge is 2.12. The van der Waals surface area contributed by atoms with Crippen molar-refractivity contribution in [3.8, 4) is 22.3 Å². The highest BCUT2D eigenvalue weighted by molar-refractivity contribution is 6.05. The van der Waals surface area contributed by atoms with Crippen LogP contribution in [0, 0.1) is 12.7 Å². The minimum absolute atomic E-state index is 0.349. The summed E-state index contributed by atoms with van der Waals surface area (Å²) in [4.78, 5) is 21.6. The van der Waals surface area contributed by atoms with E-state index in [-0.39, 0.29) is 5.91 Å². The van der Waals surface area contributed by atoms with Crippen LogP contribution in [-0.2, 0) is 7.05 Å². The van der Waals surface area contributed by atoms with E-state index in [0.717, 1.165) is 27.9 Å². The molecule has 7 nitrogen and oxygen atoms in total. The van der Waals surface area contributed by atoms with E-state index in [1.165, 1.54) is 12.1 Å². The molecule has 5 aromatic rings. The van der Waals surface area contributed by atoms with Crippen LogP contribution in [0.4, 0.5) is 21.6 Å². The summed E-state index contributed by atoms with van der Waals surface area (Å²) in [6.07, 6.45) is 8.68. The van der Waals surface area contributed by atoms with Gasteiger partial charge >= 0.3 is 0 Å². The van der Waals surface area contributed by atoms with Gasteiger partial charge in [0, 0.05) is 59.9 Å². The van der Waals surface area contributed by atoms with Crippen molar-refractivity contribution in [3.63, 3.8) is 0 Å². The molecule has 5 rings (SSSR count). The van der Waals surface area contributed by atoms with Gasteiger partial charge in [0.25, 0.3) is 5.91 Å². The first-order chi connectivity index (χ1) is 17.4. The zero-order valence-corrected chi connectivity index (χ0v) is 19.7. The molecular weight excluding hydrogens is 455 g/mol. The third-order valence-electron chi connectivity index (χ3n) is 5.71. The molecule has 0 spiro atoms. The molecule has 0 radical (unpaired) electrons. The third-order valence-corrected chi connectivity index (χ3v) is 5.71. The second kappa shape index (κ2) is 9.79. The number of amides is 1.